The lowest BCUT2D eigenvalue weighted by Crippen LogP contribution is -2.52. The fourth-order valence-electron chi connectivity index (χ4n) is 1.96. The number of hydrogen-bond acceptors (Lipinski definition) is 3. The first-order chi connectivity index (χ1) is 7.26. The first-order valence-electron chi connectivity index (χ1n) is 5.85. The summed E-state index contributed by atoms with van der Waals surface area (Å²) in [5.41, 5.74) is 0.422. The SMILES string of the molecule is CCC1(CNC(=O)C2COCCN2)CC1.Cl. The molecule has 1 aliphatic heterocycles. The lowest BCUT2D eigenvalue weighted by molar-refractivity contribution is -0.126. The van der Waals surface area contributed by atoms with Crippen LogP contribution in [0.2, 0.25) is 0 Å². The summed E-state index contributed by atoms with van der Waals surface area (Å²) in [5.74, 6) is 0.0921. The lowest BCUT2D eigenvalue weighted by atomic mass is 10.0. The van der Waals surface area contributed by atoms with E-state index in [0.29, 0.717) is 18.6 Å². The molecular weight excluding hydrogens is 228 g/mol. The summed E-state index contributed by atoms with van der Waals surface area (Å²) in [6.07, 6.45) is 3.69. The van der Waals surface area contributed by atoms with E-state index in [9.17, 15) is 4.79 Å². The van der Waals surface area contributed by atoms with E-state index in [-0.39, 0.29) is 24.4 Å². The van der Waals surface area contributed by atoms with Crippen LogP contribution >= 0.6 is 12.4 Å². The van der Waals surface area contributed by atoms with E-state index in [1.807, 2.05) is 0 Å². The van der Waals surface area contributed by atoms with Gasteiger partial charge in [-0.2, -0.15) is 0 Å². The van der Waals surface area contributed by atoms with Gasteiger partial charge in [0.05, 0.1) is 13.2 Å². The van der Waals surface area contributed by atoms with Crippen LogP contribution in [0.25, 0.3) is 0 Å². The minimum absolute atomic E-state index is 0. The first kappa shape index (κ1) is 13.7. The van der Waals surface area contributed by atoms with E-state index in [0.717, 1.165) is 13.1 Å². The van der Waals surface area contributed by atoms with Gasteiger partial charge < -0.3 is 15.4 Å². The number of rotatable bonds is 4. The molecule has 94 valence electrons. The quantitative estimate of drug-likeness (QED) is 0.770. The van der Waals surface area contributed by atoms with Gasteiger partial charge in [-0.25, -0.2) is 0 Å². The maximum atomic E-state index is 11.7. The van der Waals surface area contributed by atoms with E-state index in [1.165, 1.54) is 19.3 Å². The van der Waals surface area contributed by atoms with Crippen molar-refractivity contribution in [3.63, 3.8) is 0 Å². The second-order valence-corrected chi connectivity index (χ2v) is 4.65. The third kappa shape index (κ3) is 3.34. The fourth-order valence-corrected chi connectivity index (χ4v) is 1.96. The third-order valence-corrected chi connectivity index (χ3v) is 3.58. The average Bonchev–Trinajstić information content (AvgIpc) is 3.08. The number of nitrogens with one attached hydrogen (secondary N) is 2. The van der Waals surface area contributed by atoms with Gasteiger partial charge in [-0.05, 0) is 24.7 Å². The number of carbonyl (C=O) groups is 1. The predicted octanol–water partition coefficient (Wildman–Crippen LogP) is 0.703. The molecule has 0 bridgehead atoms. The molecule has 4 nitrogen and oxygen atoms in total. The van der Waals surface area contributed by atoms with Gasteiger partial charge in [0.2, 0.25) is 5.91 Å². The molecule has 0 radical (unpaired) electrons. The van der Waals surface area contributed by atoms with Crippen molar-refractivity contribution >= 4 is 18.3 Å². The summed E-state index contributed by atoms with van der Waals surface area (Å²) in [4.78, 5) is 11.7. The highest BCUT2D eigenvalue weighted by molar-refractivity contribution is 5.85. The monoisotopic (exact) mass is 248 g/mol. The van der Waals surface area contributed by atoms with Crippen LogP contribution in [-0.2, 0) is 9.53 Å². The Kier molecular flexibility index (Phi) is 5.02. The van der Waals surface area contributed by atoms with Gasteiger partial charge in [0.1, 0.15) is 6.04 Å². The number of ether oxygens (including phenoxy) is 1. The van der Waals surface area contributed by atoms with Crippen LogP contribution in [0, 0.1) is 5.41 Å². The molecule has 2 aliphatic rings. The second kappa shape index (κ2) is 5.84. The van der Waals surface area contributed by atoms with E-state index in [1.54, 1.807) is 0 Å². The van der Waals surface area contributed by atoms with Crippen molar-refractivity contribution in [2.75, 3.05) is 26.3 Å². The predicted molar refractivity (Wildman–Crippen MR) is 64.8 cm³/mol. The summed E-state index contributed by atoms with van der Waals surface area (Å²) < 4.78 is 5.25. The molecule has 0 aromatic rings. The van der Waals surface area contributed by atoms with Gasteiger partial charge in [0.25, 0.3) is 0 Å². The van der Waals surface area contributed by atoms with Crippen molar-refractivity contribution in [2.24, 2.45) is 5.41 Å². The van der Waals surface area contributed by atoms with Gasteiger partial charge >= 0.3 is 0 Å². The summed E-state index contributed by atoms with van der Waals surface area (Å²) in [6.45, 7) is 5.02. The Bertz CT molecular complexity index is 238. The van der Waals surface area contributed by atoms with E-state index in [2.05, 4.69) is 17.6 Å². The van der Waals surface area contributed by atoms with Gasteiger partial charge in [0, 0.05) is 13.1 Å². The molecule has 1 amide bonds. The molecule has 2 rings (SSSR count). The van der Waals surface area contributed by atoms with Gasteiger partial charge in [0.15, 0.2) is 0 Å². The molecule has 5 heteroatoms. The summed E-state index contributed by atoms with van der Waals surface area (Å²) in [7, 11) is 0. The van der Waals surface area contributed by atoms with Crippen LogP contribution in [0.5, 0.6) is 0 Å². The Labute approximate surface area is 103 Å². The summed E-state index contributed by atoms with van der Waals surface area (Å²) in [5, 5.41) is 6.18. The summed E-state index contributed by atoms with van der Waals surface area (Å²) >= 11 is 0. The zero-order valence-corrected chi connectivity index (χ0v) is 10.6. The smallest absolute Gasteiger partial charge is 0.239 e. The molecule has 16 heavy (non-hydrogen) atoms. The van der Waals surface area contributed by atoms with E-state index >= 15 is 0 Å². The number of hydrogen-bond donors (Lipinski definition) is 2. The molecule has 0 spiro atoms. The van der Waals surface area contributed by atoms with Crippen molar-refractivity contribution < 1.29 is 9.53 Å². The standard InChI is InChI=1S/C11H20N2O2.ClH/c1-2-11(3-4-11)8-13-10(14)9-7-15-6-5-12-9;/h9,12H,2-8H2,1H3,(H,13,14);1H. The van der Waals surface area contributed by atoms with Gasteiger partial charge in [-0.3, -0.25) is 4.79 Å². The molecule has 1 saturated carbocycles. The van der Waals surface area contributed by atoms with Crippen molar-refractivity contribution in [1.29, 1.82) is 0 Å². The van der Waals surface area contributed by atoms with Crippen LogP contribution in [0.3, 0.4) is 0 Å². The Morgan fingerprint density at radius 1 is 1.56 bits per heavy atom. The Morgan fingerprint density at radius 2 is 2.31 bits per heavy atom. The van der Waals surface area contributed by atoms with Crippen LogP contribution in [0.4, 0.5) is 0 Å². The van der Waals surface area contributed by atoms with E-state index < -0.39 is 0 Å². The minimum Gasteiger partial charge on any atom is -0.378 e. The average molecular weight is 249 g/mol. The molecule has 1 atom stereocenters. The largest absolute Gasteiger partial charge is 0.378 e. The number of morpholine rings is 1. The molecule has 1 unspecified atom stereocenters. The maximum absolute atomic E-state index is 11.7. The number of carbonyl (C=O) groups excluding carboxylic acids is 1. The molecule has 0 aromatic heterocycles. The van der Waals surface area contributed by atoms with Crippen LogP contribution in [0.15, 0.2) is 0 Å². The highest BCUT2D eigenvalue weighted by atomic mass is 35.5. The highest BCUT2D eigenvalue weighted by Gasteiger charge is 2.41. The van der Waals surface area contributed by atoms with Crippen molar-refractivity contribution in [3.8, 4) is 0 Å². The zero-order valence-electron chi connectivity index (χ0n) is 9.75. The van der Waals surface area contributed by atoms with Gasteiger partial charge in [-0.15, -0.1) is 12.4 Å². The zero-order chi connectivity index (χ0) is 10.7. The molecule has 0 aromatic carbocycles. The molecular formula is C11H21ClN2O2. The van der Waals surface area contributed by atoms with E-state index in [4.69, 9.17) is 4.74 Å². The highest BCUT2D eigenvalue weighted by Crippen LogP contribution is 2.47. The lowest BCUT2D eigenvalue weighted by Gasteiger charge is -2.24. The van der Waals surface area contributed by atoms with Crippen LogP contribution in [0.1, 0.15) is 26.2 Å². The molecule has 1 aliphatic carbocycles. The van der Waals surface area contributed by atoms with Crippen molar-refractivity contribution in [1.82, 2.24) is 10.6 Å². The fraction of sp³-hybridized carbons (Fsp3) is 0.909. The Morgan fingerprint density at radius 3 is 2.81 bits per heavy atom. The first-order valence-corrected chi connectivity index (χ1v) is 5.85. The second-order valence-electron chi connectivity index (χ2n) is 4.65. The minimum atomic E-state index is -0.147. The Balaban J connectivity index is 0.00000128. The molecule has 2 N–H and O–H groups in total. The third-order valence-electron chi connectivity index (χ3n) is 3.58. The summed E-state index contributed by atoms with van der Waals surface area (Å²) in [6, 6.07) is -0.147. The van der Waals surface area contributed by atoms with Gasteiger partial charge in [-0.1, -0.05) is 6.92 Å². The van der Waals surface area contributed by atoms with Crippen molar-refractivity contribution in [3.05, 3.63) is 0 Å². The topological polar surface area (TPSA) is 50.4 Å². The molecule has 2 fully saturated rings. The Hall–Kier alpha value is -0.320. The van der Waals surface area contributed by atoms with Crippen molar-refractivity contribution in [2.45, 2.75) is 32.2 Å². The normalized spacial score (nSPS) is 26.7. The number of halogens is 1. The van der Waals surface area contributed by atoms with Crippen LogP contribution in [-0.4, -0.2) is 38.3 Å². The molecule has 1 heterocycles. The maximum Gasteiger partial charge on any atom is 0.239 e. The van der Waals surface area contributed by atoms with Crippen LogP contribution < -0.4 is 10.6 Å². The number of amides is 1. The molecule has 1 saturated heterocycles.